The highest BCUT2D eigenvalue weighted by Gasteiger charge is 2.38. The molecule has 3 nitrogen and oxygen atoms in total. The topological polar surface area (TPSA) is 46.3 Å². The van der Waals surface area contributed by atoms with Gasteiger partial charge in [0.1, 0.15) is 0 Å². The number of benzene rings is 1. The second-order valence-electron chi connectivity index (χ2n) is 6.41. The molecule has 0 spiro atoms. The highest BCUT2D eigenvalue weighted by atomic mass is 16.2. The smallest absolute Gasteiger partial charge is 0.232 e. The summed E-state index contributed by atoms with van der Waals surface area (Å²) in [4.78, 5) is 14.7. The highest BCUT2D eigenvalue weighted by molar-refractivity contribution is 5.87. The molecule has 1 aromatic carbocycles. The molecule has 1 fully saturated rings. The Balaban J connectivity index is 2.20. The molecule has 0 saturated carbocycles. The number of nitrogen functional groups attached to an aromatic ring is 1. The van der Waals surface area contributed by atoms with E-state index >= 15 is 0 Å². The van der Waals surface area contributed by atoms with Crippen molar-refractivity contribution in [2.75, 3.05) is 18.8 Å². The van der Waals surface area contributed by atoms with Crippen LogP contribution in [0.25, 0.3) is 0 Å². The molecule has 2 unspecified atom stereocenters. The predicted molar refractivity (Wildman–Crippen MR) is 78.8 cm³/mol. The van der Waals surface area contributed by atoms with Crippen molar-refractivity contribution in [2.45, 2.75) is 33.1 Å². The molecule has 1 heterocycles. The van der Waals surface area contributed by atoms with E-state index in [9.17, 15) is 4.79 Å². The van der Waals surface area contributed by atoms with Gasteiger partial charge in [0.25, 0.3) is 0 Å². The summed E-state index contributed by atoms with van der Waals surface area (Å²) in [6.45, 7) is 10.2. The number of likely N-dealkylation sites (tertiary alicyclic amines) is 1. The Hall–Kier alpha value is -1.51. The van der Waals surface area contributed by atoms with Gasteiger partial charge in [-0.15, -0.1) is 0 Å². The van der Waals surface area contributed by atoms with Gasteiger partial charge in [-0.05, 0) is 43.4 Å². The van der Waals surface area contributed by atoms with Crippen LogP contribution in [0, 0.1) is 11.8 Å². The lowest BCUT2D eigenvalue weighted by atomic mass is 9.83. The van der Waals surface area contributed by atoms with Crippen LogP contribution in [0.2, 0.25) is 0 Å². The summed E-state index contributed by atoms with van der Waals surface area (Å²) in [6, 6.07) is 7.63. The summed E-state index contributed by atoms with van der Waals surface area (Å²) in [7, 11) is 0. The van der Waals surface area contributed by atoms with Gasteiger partial charge >= 0.3 is 0 Å². The normalized spacial score (nSPS) is 23.7. The van der Waals surface area contributed by atoms with E-state index in [1.807, 2.05) is 43.0 Å². The molecule has 1 aliphatic heterocycles. The molecule has 104 valence electrons. The number of nitrogens with zero attached hydrogens (tertiary/aromatic N) is 1. The van der Waals surface area contributed by atoms with Gasteiger partial charge in [0.15, 0.2) is 0 Å². The molecule has 1 aromatic rings. The lowest BCUT2D eigenvalue weighted by Crippen LogP contribution is -2.42. The van der Waals surface area contributed by atoms with Gasteiger partial charge < -0.3 is 10.6 Å². The number of nitrogens with two attached hydrogens (primary N) is 1. The molecule has 1 amide bonds. The molecule has 19 heavy (non-hydrogen) atoms. The Kier molecular flexibility index (Phi) is 3.57. The fourth-order valence-electron chi connectivity index (χ4n) is 2.71. The molecule has 0 aliphatic carbocycles. The first-order chi connectivity index (χ1) is 8.82. The van der Waals surface area contributed by atoms with Crippen molar-refractivity contribution in [3.63, 3.8) is 0 Å². The molecule has 2 N–H and O–H groups in total. The maximum atomic E-state index is 12.7. The van der Waals surface area contributed by atoms with Crippen LogP contribution in [0.15, 0.2) is 24.3 Å². The van der Waals surface area contributed by atoms with Crippen LogP contribution < -0.4 is 5.73 Å². The van der Waals surface area contributed by atoms with E-state index in [1.165, 1.54) is 0 Å². The van der Waals surface area contributed by atoms with E-state index in [1.54, 1.807) is 0 Å². The zero-order valence-electron chi connectivity index (χ0n) is 12.3. The van der Waals surface area contributed by atoms with E-state index in [0.717, 1.165) is 24.3 Å². The Labute approximate surface area is 115 Å². The number of rotatable bonds is 2. The third kappa shape index (κ3) is 2.60. The van der Waals surface area contributed by atoms with Gasteiger partial charge in [-0.3, -0.25) is 4.79 Å². The average Bonchev–Trinajstić information content (AvgIpc) is 2.69. The first-order valence-corrected chi connectivity index (χ1v) is 6.97. The molecule has 1 aliphatic rings. The summed E-state index contributed by atoms with van der Waals surface area (Å²) in [5.41, 5.74) is 6.98. The molecule has 0 radical (unpaired) electrons. The van der Waals surface area contributed by atoms with Crippen LogP contribution in [0.3, 0.4) is 0 Å². The molecule has 0 bridgehead atoms. The highest BCUT2D eigenvalue weighted by Crippen LogP contribution is 2.30. The van der Waals surface area contributed by atoms with Crippen LogP contribution in [0.1, 0.15) is 33.3 Å². The summed E-state index contributed by atoms with van der Waals surface area (Å²) in [5, 5.41) is 0. The standard InChI is InChI=1S/C16H24N2O/c1-11-9-18(10-12(11)2)15(19)16(3,4)13-5-7-14(17)8-6-13/h5-8,11-12H,9-10,17H2,1-4H3. The molecule has 1 saturated heterocycles. The van der Waals surface area contributed by atoms with Crippen molar-refractivity contribution >= 4 is 11.6 Å². The molecular formula is C16H24N2O. The molecule has 2 atom stereocenters. The Bertz CT molecular complexity index is 454. The molecule has 0 aromatic heterocycles. The number of hydrogen-bond donors (Lipinski definition) is 1. The van der Waals surface area contributed by atoms with Crippen molar-refractivity contribution in [3.05, 3.63) is 29.8 Å². The Morgan fingerprint density at radius 3 is 2.11 bits per heavy atom. The first kappa shape index (κ1) is 13.9. The Morgan fingerprint density at radius 1 is 1.16 bits per heavy atom. The summed E-state index contributed by atoms with van der Waals surface area (Å²) in [6.07, 6.45) is 0. The SMILES string of the molecule is CC1CN(C(=O)C(C)(C)c2ccc(N)cc2)CC1C. The van der Waals surface area contributed by atoms with Crippen molar-refractivity contribution in [1.29, 1.82) is 0 Å². The third-order valence-electron chi connectivity index (χ3n) is 4.44. The number of amides is 1. The van der Waals surface area contributed by atoms with Crippen molar-refractivity contribution in [2.24, 2.45) is 11.8 Å². The maximum absolute atomic E-state index is 12.7. The van der Waals surface area contributed by atoms with E-state index in [0.29, 0.717) is 11.8 Å². The van der Waals surface area contributed by atoms with Gasteiger partial charge in [-0.1, -0.05) is 26.0 Å². The van der Waals surface area contributed by atoms with Gasteiger partial charge in [0.2, 0.25) is 5.91 Å². The maximum Gasteiger partial charge on any atom is 0.232 e. The lowest BCUT2D eigenvalue weighted by molar-refractivity contribution is -0.135. The van der Waals surface area contributed by atoms with Crippen LogP contribution in [0.5, 0.6) is 0 Å². The van der Waals surface area contributed by atoms with E-state index in [2.05, 4.69) is 13.8 Å². The zero-order chi connectivity index (χ0) is 14.2. The number of anilines is 1. The lowest BCUT2D eigenvalue weighted by Gasteiger charge is -2.30. The van der Waals surface area contributed by atoms with E-state index < -0.39 is 5.41 Å². The number of carbonyl (C=O) groups excluding carboxylic acids is 1. The second-order valence-corrected chi connectivity index (χ2v) is 6.41. The molecular weight excluding hydrogens is 236 g/mol. The van der Waals surface area contributed by atoms with Crippen LogP contribution >= 0.6 is 0 Å². The van der Waals surface area contributed by atoms with Crippen molar-refractivity contribution in [3.8, 4) is 0 Å². The molecule has 3 heteroatoms. The van der Waals surface area contributed by atoms with E-state index in [4.69, 9.17) is 5.73 Å². The van der Waals surface area contributed by atoms with Crippen molar-refractivity contribution in [1.82, 2.24) is 4.90 Å². The average molecular weight is 260 g/mol. The fraction of sp³-hybridized carbons (Fsp3) is 0.562. The largest absolute Gasteiger partial charge is 0.399 e. The monoisotopic (exact) mass is 260 g/mol. The van der Waals surface area contributed by atoms with Crippen molar-refractivity contribution < 1.29 is 4.79 Å². The van der Waals surface area contributed by atoms with Gasteiger partial charge in [-0.25, -0.2) is 0 Å². The van der Waals surface area contributed by atoms with E-state index in [-0.39, 0.29) is 5.91 Å². The van der Waals surface area contributed by atoms with Gasteiger partial charge in [0, 0.05) is 18.8 Å². The second kappa shape index (κ2) is 4.87. The minimum atomic E-state index is -0.489. The summed E-state index contributed by atoms with van der Waals surface area (Å²) >= 11 is 0. The molecule has 2 rings (SSSR count). The Morgan fingerprint density at radius 2 is 1.63 bits per heavy atom. The summed E-state index contributed by atoms with van der Waals surface area (Å²) < 4.78 is 0. The fourth-order valence-corrected chi connectivity index (χ4v) is 2.71. The predicted octanol–water partition coefficient (Wildman–Crippen LogP) is 2.66. The van der Waals surface area contributed by atoms with Crippen LogP contribution in [0.4, 0.5) is 5.69 Å². The number of hydrogen-bond acceptors (Lipinski definition) is 2. The zero-order valence-corrected chi connectivity index (χ0v) is 12.3. The van der Waals surface area contributed by atoms with Crippen LogP contribution in [-0.2, 0) is 10.2 Å². The van der Waals surface area contributed by atoms with Gasteiger partial charge in [-0.2, -0.15) is 0 Å². The summed E-state index contributed by atoms with van der Waals surface area (Å²) in [5.74, 6) is 1.39. The first-order valence-electron chi connectivity index (χ1n) is 6.97. The third-order valence-corrected chi connectivity index (χ3v) is 4.44. The van der Waals surface area contributed by atoms with Crippen LogP contribution in [-0.4, -0.2) is 23.9 Å². The minimum absolute atomic E-state index is 0.216. The quantitative estimate of drug-likeness (QED) is 0.831. The minimum Gasteiger partial charge on any atom is -0.399 e. The number of carbonyl (C=O) groups is 1. The van der Waals surface area contributed by atoms with Gasteiger partial charge in [0.05, 0.1) is 5.41 Å².